The Bertz CT molecular complexity index is 580. The third kappa shape index (κ3) is 3.03. The van der Waals surface area contributed by atoms with E-state index < -0.39 is 0 Å². The molecule has 2 aliphatic rings. The van der Waals surface area contributed by atoms with Gasteiger partial charge in [-0.3, -0.25) is 0 Å². The van der Waals surface area contributed by atoms with E-state index in [1.165, 1.54) is 36.8 Å². The van der Waals surface area contributed by atoms with E-state index in [1.807, 2.05) is 0 Å². The summed E-state index contributed by atoms with van der Waals surface area (Å²) in [4.78, 5) is 14.7. The minimum atomic E-state index is -0.236. The zero-order valence-corrected chi connectivity index (χ0v) is 14.1. The first kappa shape index (κ1) is 15.5. The highest BCUT2D eigenvalue weighted by molar-refractivity contribution is 5.42. The van der Waals surface area contributed by atoms with Crippen LogP contribution in [0.1, 0.15) is 76.3 Å². The number of nitrogens with zero attached hydrogens (tertiary/aromatic N) is 1. The molecule has 0 N–H and O–H groups in total. The summed E-state index contributed by atoms with van der Waals surface area (Å²) in [7, 11) is 0. The number of aliphatic imine (C=N–C) groups is 1. The Balaban J connectivity index is 1.73. The van der Waals surface area contributed by atoms with E-state index in [4.69, 9.17) is 0 Å². The van der Waals surface area contributed by atoms with Gasteiger partial charge in [-0.2, -0.15) is 4.99 Å². The molecule has 2 aliphatic carbocycles. The third-order valence-electron chi connectivity index (χ3n) is 5.83. The van der Waals surface area contributed by atoms with Crippen LogP contribution in [0.4, 0.5) is 0 Å². The second-order valence-corrected chi connectivity index (χ2v) is 8.27. The molecule has 22 heavy (non-hydrogen) atoms. The topological polar surface area (TPSA) is 29.4 Å². The summed E-state index contributed by atoms with van der Waals surface area (Å²) in [5, 5.41) is 0. The van der Waals surface area contributed by atoms with E-state index in [-0.39, 0.29) is 5.54 Å². The largest absolute Gasteiger partial charge is 0.235 e. The predicted octanol–water partition coefficient (Wildman–Crippen LogP) is 5.33. The Labute approximate surface area is 134 Å². The van der Waals surface area contributed by atoms with E-state index in [0.717, 1.165) is 18.8 Å². The molecule has 2 fully saturated rings. The van der Waals surface area contributed by atoms with Gasteiger partial charge in [0.2, 0.25) is 6.08 Å². The van der Waals surface area contributed by atoms with Gasteiger partial charge in [-0.1, -0.05) is 45.0 Å². The fourth-order valence-corrected chi connectivity index (χ4v) is 4.05. The van der Waals surface area contributed by atoms with Crippen molar-refractivity contribution in [2.75, 3.05) is 0 Å². The van der Waals surface area contributed by atoms with Crippen LogP contribution in [0.25, 0.3) is 0 Å². The van der Waals surface area contributed by atoms with Crippen LogP contribution in [0, 0.1) is 11.3 Å². The van der Waals surface area contributed by atoms with Crippen molar-refractivity contribution in [2.24, 2.45) is 16.3 Å². The second-order valence-electron chi connectivity index (χ2n) is 8.27. The average Bonchev–Trinajstić information content (AvgIpc) is 3.28. The highest BCUT2D eigenvalue weighted by Gasteiger charge is 2.45. The van der Waals surface area contributed by atoms with Crippen molar-refractivity contribution in [3.63, 3.8) is 0 Å². The molecule has 0 atom stereocenters. The Kier molecular flexibility index (Phi) is 3.99. The number of rotatable bonds is 3. The van der Waals surface area contributed by atoms with Crippen LogP contribution in [0.15, 0.2) is 29.3 Å². The third-order valence-corrected chi connectivity index (χ3v) is 5.83. The van der Waals surface area contributed by atoms with Gasteiger partial charge in [0.25, 0.3) is 0 Å². The van der Waals surface area contributed by atoms with Gasteiger partial charge in [0.1, 0.15) is 0 Å². The number of hydrogen-bond donors (Lipinski definition) is 0. The van der Waals surface area contributed by atoms with Crippen LogP contribution in [-0.4, -0.2) is 6.08 Å². The lowest BCUT2D eigenvalue weighted by Gasteiger charge is -2.37. The van der Waals surface area contributed by atoms with Gasteiger partial charge in [-0.15, -0.1) is 0 Å². The molecule has 2 heteroatoms. The van der Waals surface area contributed by atoms with Gasteiger partial charge >= 0.3 is 0 Å². The predicted molar refractivity (Wildman–Crippen MR) is 89.6 cm³/mol. The van der Waals surface area contributed by atoms with Gasteiger partial charge in [-0.25, -0.2) is 4.79 Å². The van der Waals surface area contributed by atoms with Crippen LogP contribution in [-0.2, 0) is 10.3 Å². The van der Waals surface area contributed by atoms with E-state index >= 15 is 0 Å². The second kappa shape index (κ2) is 5.66. The lowest BCUT2D eigenvalue weighted by Crippen LogP contribution is -2.25. The van der Waals surface area contributed by atoms with Crippen LogP contribution >= 0.6 is 0 Å². The molecular formula is C20H27NO. The van der Waals surface area contributed by atoms with E-state index in [9.17, 15) is 4.79 Å². The highest BCUT2D eigenvalue weighted by Crippen LogP contribution is 2.50. The van der Waals surface area contributed by atoms with E-state index in [2.05, 4.69) is 50.0 Å². The molecule has 0 bridgehead atoms. The Morgan fingerprint density at radius 1 is 1.14 bits per heavy atom. The number of carbonyl (C=O) groups excluding carboxylic acids is 1. The molecule has 0 aliphatic heterocycles. The maximum absolute atomic E-state index is 10.7. The SMILES string of the molecule is CC(C)(C)C1CCC(c2cccc(C3(N=C=O)CC3)c2)CC1. The smallest absolute Gasteiger partial charge is 0.211 e. The lowest BCUT2D eigenvalue weighted by atomic mass is 9.68. The Morgan fingerprint density at radius 2 is 1.82 bits per heavy atom. The molecule has 1 aromatic carbocycles. The van der Waals surface area contributed by atoms with Crippen molar-refractivity contribution in [3.8, 4) is 0 Å². The van der Waals surface area contributed by atoms with Gasteiger partial charge < -0.3 is 0 Å². The van der Waals surface area contributed by atoms with Crippen LogP contribution in [0.5, 0.6) is 0 Å². The number of benzene rings is 1. The number of hydrogen-bond acceptors (Lipinski definition) is 2. The Morgan fingerprint density at radius 3 is 2.36 bits per heavy atom. The van der Waals surface area contributed by atoms with Crippen molar-refractivity contribution in [3.05, 3.63) is 35.4 Å². The summed E-state index contributed by atoms with van der Waals surface area (Å²) >= 11 is 0. The molecule has 0 saturated heterocycles. The summed E-state index contributed by atoms with van der Waals surface area (Å²) in [5.74, 6) is 1.52. The molecule has 0 amide bonds. The minimum absolute atomic E-state index is 0.236. The fraction of sp³-hybridized carbons (Fsp3) is 0.650. The average molecular weight is 297 g/mol. The first-order valence-corrected chi connectivity index (χ1v) is 8.64. The van der Waals surface area contributed by atoms with Gasteiger partial charge in [0, 0.05) is 0 Å². The first-order valence-electron chi connectivity index (χ1n) is 8.64. The van der Waals surface area contributed by atoms with Gasteiger partial charge in [-0.05, 0) is 66.9 Å². The summed E-state index contributed by atoms with van der Waals surface area (Å²) in [6.45, 7) is 7.10. The van der Waals surface area contributed by atoms with Crippen LogP contribution in [0.3, 0.4) is 0 Å². The quantitative estimate of drug-likeness (QED) is 0.547. The van der Waals surface area contributed by atoms with Gasteiger partial charge in [0.05, 0.1) is 5.54 Å². The summed E-state index contributed by atoms with van der Waals surface area (Å²) in [6, 6.07) is 8.82. The zero-order chi connectivity index (χ0) is 15.8. The van der Waals surface area contributed by atoms with Crippen LogP contribution in [0.2, 0.25) is 0 Å². The number of isocyanates is 1. The molecular weight excluding hydrogens is 270 g/mol. The molecule has 2 nitrogen and oxygen atoms in total. The van der Waals surface area contributed by atoms with Crippen molar-refractivity contribution >= 4 is 6.08 Å². The molecule has 118 valence electrons. The first-order chi connectivity index (χ1) is 10.4. The molecule has 2 saturated carbocycles. The monoisotopic (exact) mass is 297 g/mol. The molecule has 0 heterocycles. The molecule has 0 spiro atoms. The normalized spacial score (nSPS) is 27.0. The van der Waals surface area contributed by atoms with Crippen molar-refractivity contribution in [1.29, 1.82) is 0 Å². The molecule has 0 radical (unpaired) electrons. The maximum Gasteiger partial charge on any atom is 0.235 e. The highest BCUT2D eigenvalue weighted by atomic mass is 16.1. The van der Waals surface area contributed by atoms with E-state index in [0.29, 0.717) is 11.3 Å². The summed E-state index contributed by atoms with van der Waals surface area (Å²) in [5.41, 5.74) is 2.85. The summed E-state index contributed by atoms with van der Waals surface area (Å²) in [6.07, 6.45) is 8.98. The minimum Gasteiger partial charge on any atom is -0.211 e. The van der Waals surface area contributed by atoms with Crippen molar-refractivity contribution in [2.45, 2.75) is 70.8 Å². The van der Waals surface area contributed by atoms with Gasteiger partial charge in [0.15, 0.2) is 0 Å². The molecule has 0 aromatic heterocycles. The standard InChI is InChI=1S/C20H27NO/c1-19(2,3)17-9-7-15(8-10-17)16-5-4-6-18(13-16)20(11-12-20)21-14-22/h4-6,13,15,17H,7-12H2,1-3H3. The van der Waals surface area contributed by atoms with Crippen LogP contribution < -0.4 is 0 Å². The van der Waals surface area contributed by atoms with E-state index in [1.54, 1.807) is 6.08 Å². The molecule has 0 unspecified atom stereocenters. The molecule has 3 rings (SSSR count). The van der Waals surface area contributed by atoms with Crippen molar-refractivity contribution in [1.82, 2.24) is 0 Å². The molecule has 1 aromatic rings. The van der Waals surface area contributed by atoms with Crippen molar-refractivity contribution < 1.29 is 4.79 Å². The summed E-state index contributed by atoms with van der Waals surface area (Å²) < 4.78 is 0. The maximum atomic E-state index is 10.7. The fourth-order valence-electron chi connectivity index (χ4n) is 4.05. The zero-order valence-electron chi connectivity index (χ0n) is 14.1. The Hall–Kier alpha value is -1.40. The lowest BCUT2D eigenvalue weighted by molar-refractivity contribution is 0.169.